The Hall–Kier alpha value is -0.910. The van der Waals surface area contributed by atoms with Gasteiger partial charge in [0.15, 0.2) is 0 Å². The van der Waals surface area contributed by atoms with Crippen molar-refractivity contribution in [2.45, 2.75) is 18.7 Å². The first-order valence-electron chi connectivity index (χ1n) is 5.66. The molecule has 2 N–H and O–H groups in total. The topological polar surface area (TPSA) is 58.2 Å². The molecular formula is C12H20N2O2S. The van der Waals surface area contributed by atoms with Crippen LogP contribution in [0.1, 0.15) is 12.5 Å². The summed E-state index contributed by atoms with van der Waals surface area (Å²) in [7, 11) is -1.52. The predicted molar refractivity (Wildman–Crippen MR) is 69.5 cm³/mol. The van der Waals surface area contributed by atoms with Gasteiger partial charge in [-0.1, -0.05) is 24.6 Å². The second-order valence-electron chi connectivity index (χ2n) is 4.33. The van der Waals surface area contributed by atoms with Crippen LogP contribution in [-0.4, -0.2) is 28.6 Å². The van der Waals surface area contributed by atoms with Gasteiger partial charge in [-0.25, -0.2) is 13.1 Å². The molecular weight excluding hydrogens is 236 g/mol. The first kappa shape index (κ1) is 14.2. The SMILES string of the molecule is CNCC(C)CNS(=O)(=O)c1ccc(C)cc1. The maximum atomic E-state index is 11.9. The van der Waals surface area contributed by atoms with Crippen molar-refractivity contribution < 1.29 is 8.42 Å². The number of nitrogens with one attached hydrogen (secondary N) is 2. The minimum absolute atomic E-state index is 0.264. The van der Waals surface area contributed by atoms with Gasteiger partial charge in [0.1, 0.15) is 0 Å². The quantitative estimate of drug-likeness (QED) is 0.802. The minimum Gasteiger partial charge on any atom is -0.319 e. The van der Waals surface area contributed by atoms with Gasteiger partial charge in [0.25, 0.3) is 0 Å². The molecule has 17 heavy (non-hydrogen) atoms. The van der Waals surface area contributed by atoms with Gasteiger partial charge in [-0.15, -0.1) is 0 Å². The minimum atomic E-state index is -3.37. The molecule has 0 bridgehead atoms. The van der Waals surface area contributed by atoms with Crippen molar-refractivity contribution in [2.24, 2.45) is 5.92 Å². The van der Waals surface area contributed by atoms with Gasteiger partial charge in [-0.05, 0) is 38.6 Å². The molecule has 1 unspecified atom stereocenters. The Morgan fingerprint density at radius 1 is 1.18 bits per heavy atom. The zero-order valence-electron chi connectivity index (χ0n) is 10.5. The van der Waals surface area contributed by atoms with E-state index in [0.29, 0.717) is 11.4 Å². The number of hydrogen-bond donors (Lipinski definition) is 2. The molecule has 4 nitrogen and oxygen atoms in total. The second-order valence-corrected chi connectivity index (χ2v) is 6.09. The third-order valence-corrected chi connectivity index (χ3v) is 3.95. The van der Waals surface area contributed by atoms with Crippen molar-refractivity contribution >= 4 is 10.0 Å². The standard InChI is InChI=1S/C12H20N2O2S/c1-10-4-6-12(7-5-10)17(15,16)14-9-11(2)8-13-3/h4-7,11,13-14H,8-9H2,1-3H3. The Bertz CT molecular complexity index is 440. The molecule has 0 aromatic heterocycles. The first-order valence-corrected chi connectivity index (χ1v) is 7.15. The van der Waals surface area contributed by atoms with Gasteiger partial charge >= 0.3 is 0 Å². The van der Waals surface area contributed by atoms with Crippen LogP contribution in [0.15, 0.2) is 29.2 Å². The summed E-state index contributed by atoms with van der Waals surface area (Å²) in [6.45, 7) is 5.15. The van der Waals surface area contributed by atoms with E-state index in [1.165, 1.54) is 0 Å². The lowest BCUT2D eigenvalue weighted by atomic mass is 10.2. The van der Waals surface area contributed by atoms with E-state index in [1.54, 1.807) is 24.3 Å². The molecule has 1 rings (SSSR count). The zero-order valence-corrected chi connectivity index (χ0v) is 11.3. The molecule has 0 heterocycles. The fourth-order valence-corrected chi connectivity index (χ4v) is 2.64. The highest BCUT2D eigenvalue weighted by molar-refractivity contribution is 7.89. The monoisotopic (exact) mass is 256 g/mol. The number of aryl methyl sites for hydroxylation is 1. The maximum absolute atomic E-state index is 11.9. The van der Waals surface area contributed by atoms with Crippen LogP contribution in [0.3, 0.4) is 0 Å². The van der Waals surface area contributed by atoms with Gasteiger partial charge in [0.2, 0.25) is 10.0 Å². The number of hydrogen-bond acceptors (Lipinski definition) is 3. The molecule has 0 spiro atoms. The average molecular weight is 256 g/mol. The zero-order chi connectivity index (χ0) is 12.9. The molecule has 0 saturated carbocycles. The molecule has 1 aromatic carbocycles. The van der Waals surface area contributed by atoms with Crippen LogP contribution < -0.4 is 10.0 Å². The summed E-state index contributed by atoms with van der Waals surface area (Å²) in [6.07, 6.45) is 0. The Morgan fingerprint density at radius 3 is 2.29 bits per heavy atom. The lowest BCUT2D eigenvalue weighted by molar-refractivity contribution is 0.519. The lowest BCUT2D eigenvalue weighted by Gasteiger charge is -2.12. The maximum Gasteiger partial charge on any atom is 0.240 e. The summed E-state index contributed by atoms with van der Waals surface area (Å²) in [6, 6.07) is 6.85. The van der Waals surface area contributed by atoms with Crippen molar-refractivity contribution in [1.82, 2.24) is 10.0 Å². The van der Waals surface area contributed by atoms with E-state index in [0.717, 1.165) is 12.1 Å². The van der Waals surface area contributed by atoms with E-state index < -0.39 is 10.0 Å². The van der Waals surface area contributed by atoms with Crippen LogP contribution in [0.5, 0.6) is 0 Å². The number of sulfonamides is 1. The van der Waals surface area contributed by atoms with Crippen LogP contribution in [-0.2, 0) is 10.0 Å². The Kier molecular flexibility index (Phi) is 5.11. The van der Waals surface area contributed by atoms with Gasteiger partial charge in [0, 0.05) is 6.54 Å². The summed E-state index contributed by atoms with van der Waals surface area (Å²) in [5.41, 5.74) is 1.05. The highest BCUT2D eigenvalue weighted by Gasteiger charge is 2.14. The summed E-state index contributed by atoms with van der Waals surface area (Å²) in [4.78, 5) is 0.319. The molecule has 0 aliphatic rings. The largest absolute Gasteiger partial charge is 0.319 e. The predicted octanol–water partition coefficient (Wildman–Crippen LogP) is 1.13. The van der Waals surface area contributed by atoms with Crippen molar-refractivity contribution in [3.63, 3.8) is 0 Å². The molecule has 96 valence electrons. The van der Waals surface area contributed by atoms with Crippen molar-refractivity contribution in [1.29, 1.82) is 0 Å². The number of benzene rings is 1. The molecule has 0 radical (unpaired) electrons. The van der Waals surface area contributed by atoms with Crippen molar-refractivity contribution in [3.05, 3.63) is 29.8 Å². The number of rotatable bonds is 6. The van der Waals surface area contributed by atoms with Crippen LogP contribution in [0.4, 0.5) is 0 Å². The smallest absolute Gasteiger partial charge is 0.240 e. The molecule has 0 fully saturated rings. The molecule has 1 aromatic rings. The van der Waals surface area contributed by atoms with E-state index in [9.17, 15) is 8.42 Å². The Morgan fingerprint density at radius 2 is 1.76 bits per heavy atom. The van der Waals surface area contributed by atoms with Crippen LogP contribution in [0.2, 0.25) is 0 Å². The highest BCUT2D eigenvalue weighted by Crippen LogP contribution is 2.09. The molecule has 5 heteroatoms. The van der Waals surface area contributed by atoms with Crippen LogP contribution in [0.25, 0.3) is 0 Å². The van der Waals surface area contributed by atoms with Crippen LogP contribution >= 0.6 is 0 Å². The van der Waals surface area contributed by atoms with Crippen LogP contribution in [0, 0.1) is 12.8 Å². The van der Waals surface area contributed by atoms with E-state index in [1.807, 2.05) is 20.9 Å². The normalized spacial score (nSPS) is 13.6. The summed E-state index contributed by atoms with van der Waals surface area (Å²) < 4.78 is 26.5. The summed E-state index contributed by atoms with van der Waals surface area (Å²) >= 11 is 0. The second kappa shape index (κ2) is 6.14. The Balaban J connectivity index is 2.66. The van der Waals surface area contributed by atoms with E-state index in [4.69, 9.17) is 0 Å². The van der Waals surface area contributed by atoms with Crippen molar-refractivity contribution in [2.75, 3.05) is 20.1 Å². The third-order valence-electron chi connectivity index (χ3n) is 2.51. The van der Waals surface area contributed by atoms with E-state index >= 15 is 0 Å². The Labute approximate surface area is 103 Å². The first-order chi connectivity index (χ1) is 7.95. The van der Waals surface area contributed by atoms with Crippen molar-refractivity contribution in [3.8, 4) is 0 Å². The molecule has 0 amide bonds. The van der Waals surface area contributed by atoms with Gasteiger partial charge in [-0.2, -0.15) is 0 Å². The van der Waals surface area contributed by atoms with E-state index in [-0.39, 0.29) is 5.92 Å². The fraction of sp³-hybridized carbons (Fsp3) is 0.500. The van der Waals surface area contributed by atoms with Gasteiger partial charge < -0.3 is 5.32 Å². The van der Waals surface area contributed by atoms with Gasteiger partial charge in [0.05, 0.1) is 4.90 Å². The molecule has 0 aliphatic heterocycles. The molecule has 0 saturated heterocycles. The van der Waals surface area contributed by atoms with Gasteiger partial charge in [-0.3, -0.25) is 0 Å². The molecule has 1 atom stereocenters. The summed E-state index contributed by atoms with van der Waals surface area (Å²) in [5.74, 6) is 0.264. The third kappa shape index (κ3) is 4.46. The lowest BCUT2D eigenvalue weighted by Crippen LogP contribution is -2.32. The average Bonchev–Trinajstić information content (AvgIpc) is 2.28. The van der Waals surface area contributed by atoms with E-state index in [2.05, 4.69) is 10.0 Å². The fourth-order valence-electron chi connectivity index (χ4n) is 1.47. The highest BCUT2D eigenvalue weighted by atomic mass is 32.2. The summed E-state index contributed by atoms with van der Waals surface area (Å²) in [5, 5.41) is 3.02. The molecule has 0 aliphatic carbocycles.